The van der Waals surface area contributed by atoms with Gasteiger partial charge in [-0.25, -0.2) is 0 Å². The first-order valence-electron chi connectivity index (χ1n) is 5.24. The third-order valence-corrected chi connectivity index (χ3v) is 2.68. The van der Waals surface area contributed by atoms with Crippen LogP contribution in [0.25, 0.3) is 0 Å². The van der Waals surface area contributed by atoms with Gasteiger partial charge in [0.15, 0.2) is 5.78 Å². The zero-order chi connectivity index (χ0) is 13.3. The average Bonchev–Trinajstić information content (AvgIpc) is 2.12. The van der Waals surface area contributed by atoms with E-state index in [-0.39, 0.29) is 5.78 Å². The van der Waals surface area contributed by atoms with Gasteiger partial charge in [-0.1, -0.05) is 20.8 Å². The lowest BCUT2D eigenvalue weighted by atomic mass is 9.75. The first kappa shape index (κ1) is 14.8. The van der Waals surface area contributed by atoms with Gasteiger partial charge in [-0.2, -0.15) is 0 Å². The molecule has 4 heteroatoms. The monoisotopic (exact) mass is 228 g/mol. The number of carbonyl (C=O) groups excluding carboxylic acids is 2. The van der Waals surface area contributed by atoms with Gasteiger partial charge in [0.2, 0.25) is 0 Å². The molecule has 0 bridgehead atoms. The van der Waals surface area contributed by atoms with E-state index in [1.54, 1.807) is 20.8 Å². The number of hydrogen-bond donors (Lipinski definition) is 1. The summed E-state index contributed by atoms with van der Waals surface area (Å²) in [7, 11) is 0. The summed E-state index contributed by atoms with van der Waals surface area (Å²) in [5.74, 6) is -2.86. The molecule has 1 unspecified atom stereocenters. The zero-order valence-electron chi connectivity index (χ0n) is 10.7. The molecular weight excluding hydrogens is 208 g/mol. The molecule has 0 saturated carbocycles. The molecule has 0 saturated heterocycles. The van der Waals surface area contributed by atoms with Gasteiger partial charge in [0.05, 0.1) is 5.92 Å². The van der Waals surface area contributed by atoms with Crippen molar-refractivity contribution in [3.63, 3.8) is 0 Å². The highest BCUT2D eigenvalue weighted by atomic mass is 16.4. The molecule has 0 aliphatic rings. The van der Waals surface area contributed by atoms with E-state index in [2.05, 4.69) is 0 Å². The maximum Gasteiger partial charge on any atom is 0.316 e. The lowest BCUT2D eigenvalue weighted by Crippen LogP contribution is -2.42. The highest BCUT2D eigenvalue weighted by Gasteiger charge is 2.42. The van der Waals surface area contributed by atoms with Crippen molar-refractivity contribution < 1.29 is 19.5 Å². The number of carboxylic acid groups (broad SMARTS) is 1. The van der Waals surface area contributed by atoms with E-state index < -0.39 is 28.5 Å². The fraction of sp³-hybridized carbons (Fsp3) is 0.750. The van der Waals surface area contributed by atoms with Crippen molar-refractivity contribution in [2.24, 2.45) is 16.7 Å². The van der Waals surface area contributed by atoms with Crippen LogP contribution in [0.3, 0.4) is 0 Å². The number of Topliss-reactive ketones (excluding diaryl/α,β-unsaturated/α-hetero) is 2. The van der Waals surface area contributed by atoms with Crippen molar-refractivity contribution in [1.29, 1.82) is 0 Å². The van der Waals surface area contributed by atoms with Gasteiger partial charge in [-0.15, -0.1) is 0 Å². The first-order valence-corrected chi connectivity index (χ1v) is 5.24. The van der Waals surface area contributed by atoms with Gasteiger partial charge in [0, 0.05) is 5.41 Å². The van der Waals surface area contributed by atoms with Crippen molar-refractivity contribution >= 4 is 17.5 Å². The molecule has 0 aliphatic heterocycles. The lowest BCUT2D eigenvalue weighted by Gasteiger charge is -2.26. The Morgan fingerprint density at radius 3 is 1.56 bits per heavy atom. The van der Waals surface area contributed by atoms with E-state index in [1.165, 1.54) is 20.8 Å². The molecule has 0 fully saturated rings. The SMILES string of the molecule is CC(C(=O)C(C)(C)C)C(=O)C(C)(C)C(=O)O. The minimum atomic E-state index is -1.51. The van der Waals surface area contributed by atoms with Crippen LogP contribution in [0.1, 0.15) is 41.5 Å². The van der Waals surface area contributed by atoms with Crippen molar-refractivity contribution in [2.75, 3.05) is 0 Å². The standard InChI is InChI=1S/C12H20O4/c1-7(8(13)11(2,3)4)9(14)12(5,6)10(15)16/h7H,1-6H3,(H,15,16). The molecule has 1 N–H and O–H groups in total. The normalized spacial score (nSPS) is 14.4. The first-order chi connectivity index (χ1) is 6.92. The van der Waals surface area contributed by atoms with Crippen molar-refractivity contribution in [1.82, 2.24) is 0 Å². The van der Waals surface area contributed by atoms with Crippen LogP contribution >= 0.6 is 0 Å². The number of aliphatic carboxylic acids is 1. The molecular formula is C12H20O4. The lowest BCUT2D eigenvalue weighted by molar-refractivity contribution is -0.155. The van der Waals surface area contributed by atoms with Gasteiger partial charge >= 0.3 is 5.97 Å². The Morgan fingerprint density at radius 1 is 0.938 bits per heavy atom. The second kappa shape index (κ2) is 4.36. The number of carboxylic acids is 1. The molecule has 92 valence electrons. The van der Waals surface area contributed by atoms with Gasteiger partial charge < -0.3 is 5.11 Å². The maximum atomic E-state index is 11.9. The van der Waals surface area contributed by atoms with Gasteiger partial charge in [-0.3, -0.25) is 14.4 Å². The number of ketones is 2. The van der Waals surface area contributed by atoms with Crippen LogP contribution in [0.15, 0.2) is 0 Å². The van der Waals surface area contributed by atoms with Crippen LogP contribution in [0.2, 0.25) is 0 Å². The summed E-state index contributed by atoms with van der Waals surface area (Å²) in [5.41, 5.74) is -2.15. The fourth-order valence-electron chi connectivity index (χ4n) is 1.42. The van der Waals surface area contributed by atoms with Crippen LogP contribution in [0, 0.1) is 16.7 Å². The van der Waals surface area contributed by atoms with Gasteiger partial charge in [0.1, 0.15) is 11.2 Å². The molecule has 0 aromatic carbocycles. The second-order valence-electron chi connectivity index (χ2n) is 5.63. The summed E-state index contributed by atoms with van der Waals surface area (Å²) in [6.07, 6.45) is 0. The molecule has 0 aromatic heterocycles. The summed E-state index contributed by atoms with van der Waals surface area (Å²) in [6, 6.07) is 0. The minimum Gasteiger partial charge on any atom is -0.481 e. The van der Waals surface area contributed by atoms with Crippen LogP contribution < -0.4 is 0 Å². The molecule has 0 spiro atoms. The van der Waals surface area contributed by atoms with E-state index in [0.29, 0.717) is 0 Å². The van der Waals surface area contributed by atoms with Crippen LogP contribution in [0.4, 0.5) is 0 Å². The number of carbonyl (C=O) groups is 3. The van der Waals surface area contributed by atoms with Gasteiger partial charge in [-0.05, 0) is 20.8 Å². The van der Waals surface area contributed by atoms with E-state index in [1.807, 2.05) is 0 Å². The topological polar surface area (TPSA) is 71.4 Å². The smallest absolute Gasteiger partial charge is 0.316 e. The van der Waals surface area contributed by atoms with E-state index in [0.717, 1.165) is 0 Å². The summed E-state index contributed by atoms with van der Waals surface area (Å²) in [5, 5.41) is 8.91. The van der Waals surface area contributed by atoms with E-state index >= 15 is 0 Å². The second-order valence-corrected chi connectivity index (χ2v) is 5.63. The minimum absolute atomic E-state index is 0.230. The largest absolute Gasteiger partial charge is 0.481 e. The average molecular weight is 228 g/mol. The third-order valence-electron chi connectivity index (χ3n) is 2.68. The Balaban J connectivity index is 5.04. The van der Waals surface area contributed by atoms with Gasteiger partial charge in [0.25, 0.3) is 0 Å². The summed E-state index contributed by atoms with van der Waals surface area (Å²) in [4.78, 5) is 34.7. The number of rotatable bonds is 4. The molecule has 0 heterocycles. The van der Waals surface area contributed by atoms with E-state index in [4.69, 9.17) is 5.11 Å². The van der Waals surface area contributed by atoms with Crippen molar-refractivity contribution in [3.8, 4) is 0 Å². The molecule has 0 aliphatic carbocycles. The third kappa shape index (κ3) is 2.90. The molecule has 1 atom stereocenters. The molecule has 0 aromatic rings. The van der Waals surface area contributed by atoms with E-state index in [9.17, 15) is 14.4 Å². The quantitative estimate of drug-likeness (QED) is 0.746. The predicted molar refractivity (Wildman–Crippen MR) is 60.0 cm³/mol. The molecule has 0 rings (SSSR count). The highest BCUT2D eigenvalue weighted by molar-refractivity contribution is 6.12. The Hall–Kier alpha value is -1.19. The van der Waals surface area contributed by atoms with Crippen molar-refractivity contribution in [3.05, 3.63) is 0 Å². The van der Waals surface area contributed by atoms with Crippen LogP contribution in [-0.2, 0) is 14.4 Å². The summed E-state index contributed by atoms with van der Waals surface area (Å²) < 4.78 is 0. The Bertz CT molecular complexity index is 320. The molecule has 4 nitrogen and oxygen atoms in total. The van der Waals surface area contributed by atoms with Crippen LogP contribution in [-0.4, -0.2) is 22.6 Å². The summed E-state index contributed by atoms with van der Waals surface area (Å²) >= 11 is 0. The maximum absolute atomic E-state index is 11.9. The Morgan fingerprint density at radius 2 is 1.31 bits per heavy atom. The van der Waals surface area contributed by atoms with Crippen LogP contribution in [0.5, 0.6) is 0 Å². The summed E-state index contributed by atoms with van der Waals surface area (Å²) in [6.45, 7) is 9.27. The zero-order valence-corrected chi connectivity index (χ0v) is 10.7. The van der Waals surface area contributed by atoms with Crippen molar-refractivity contribution in [2.45, 2.75) is 41.5 Å². The number of hydrogen-bond acceptors (Lipinski definition) is 3. The Labute approximate surface area is 96.0 Å². The predicted octanol–water partition coefficient (Wildman–Crippen LogP) is 1.92. The molecule has 16 heavy (non-hydrogen) atoms. The fourth-order valence-corrected chi connectivity index (χ4v) is 1.42. The molecule has 0 radical (unpaired) electrons. The molecule has 0 amide bonds. The Kier molecular flexibility index (Phi) is 4.03. The highest BCUT2D eigenvalue weighted by Crippen LogP contribution is 2.27.